The molecular weight excluding hydrogens is 785 g/mol. The molecule has 0 saturated heterocycles. The number of aromatic nitrogens is 4. The first-order valence-corrected chi connectivity index (χ1v) is 23.0. The maximum Gasteiger partial charge on any atom is 0.281 e. The van der Waals surface area contributed by atoms with Crippen molar-refractivity contribution in [3.8, 4) is 0 Å². The lowest BCUT2D eigenvalue weighted by Gasteiger charge is -2.22. The van der Waals surface area contributed by atoms with Crippen LogP contribution in [0.15, 0.2) is 97.1 Å². The van der Waals surface area contributed by atoms with Gasteiger partial charge in [0, 0.05) is 77.9 Å². The SMILES string of the molecule is CN(CCCN(C)c1ccc(/C=C/c2n(C)c3ccccc3[n+]2C)cc1)C(=O)CSSCC(=O)N(C)CCCN(C)c1ccc(/C=C/c2n(C)c3ccccc3[n+]2C)cc1. The molecule has 60 heavy (non-hydrogen) atoms. The first-order valence-electron chi connectivity index (χ1n) is 20.5. The molecule has 0 fully saturated rings. The zero-order valence-electron chi connectivity index (χ0n) is 36.4. The van der Waals surface area contributed by atoms with Gasteiger partial charge in [-0.1, -0.05) is 70.1 Å². The molecule has 0 unspecified atom stereocenters. The molecule has 2 heterocycles. The molecule has 0 saturated carbocycles. The van der Waals surface area contributed by atoms with E-state index >= 15 is 0 Å². The number of hydrogen-bond acceptors (Lipinski definition) is 6. The van der Waals surface area contributed by atoms with Crippen LogP contribution < -0.4 is 18.9 Å². The lowest BCUT2D eigenvalue weighted by atomic mass is 10.2. The molecule has 0 aliphatic rings. The van der Waals surface area contributed by atoms with Crippen molar-refractivity contribution in [2.24, 2.45) is 28.2 Å². The second kappa shape index (κ2) is 20.7. The Morgan fingerprint density at radius 1 is 0.533 bits per heavy atom. The molecule has 0 spiro atoms. The molecule has 0 aliphatic carbocycles. The second-order valence-electron chi connectivity index (χ2n) is 15.5. The van der Waals surface area contributed by atoms with Gasteiger partial charge in [0.05, 0.1) is 39.7 Å². The van der Waals surface area contributed by atoms with Crippen LogP contribution in [-0.4, -0.2) is 96.6 Å². The van der Waals surface area contributed by atoms with E-state index in [-0.39, 0.29) is 11.8 Å². The van der Waals surface area contributed by atoms with Gasteiger partial charge in [-0.15, -0.1) is 0 Å². The highest BCUT2D eigenvalue weighted by Crippen LogP contribution is 2.23. The van der Waals surface area contributed by atoms with Gasteiger partial charge in [0.1, 0.15) is 0 Å². The smallest absolute Gasteiger partial charge is 0.281 e. The number of para-hydroxylation sites is 4. The van der Waals surface area contributed by atoms with Gasteiger partial charge in [0.2, 0.25) is 11.8 Å². The lowest BCUT2D eigenvalue weighted by molar-refractivity contribution is -0.647. The number of amides is 2. The molecule has 0 N–H and O–H groups in total. The van der Waals surface area contributed by atoms with Crippen LogP contribution in [0.2, 0.25) is 0 Å². The summed E-state index contributed by atoms with van der Waals surface area (Å²) in [6.07, 6.45) is 10.4. The van der Waals surface area contributed by atoms with Crippen LogP contribution in [0, 0.1) is 0 Å². The molecule has 12 heteroatoms. The Morgan fingerprint density at radius 3 is 1.27 bits per heavy atom. The molecule has 2 amide bonds. The number of imidazole rings is 2. The van der Waals surface area contributed by atoms with Crippen molar-refractivity contribution >= 4 is 91.1 Å². The Balaban J connectivity index is 0.832. The summed E-state index contributed by atoms with van der Waals surface area (Å²) < 4.78 is 8.85. The van der Waals surface area contributed by atoms with Gasteiger partial charge in [0.25, 0.3) is 11.6 Å². The molecule has 0 radical (unpaired) electrons. The maximum atomic E-state index is 12.8. The van der Waals surface area contributed by atoms with Gasteiger partial charge in [-0.25, -0.2) is 18.3 Å². The summed E-state index contributed by atoms with van der Waals surface area (Å²) in [6, 6.07) is 34.0. The third kappa shape index (κ3) is 10.8. The maximum absolute atomic E-state index is 12.8. The minimum Gasteiger partial charge on any atom is -0.375 e. The van der Waals surface area contributed by atoms with Crippen LogP contribution in [0.4, 0.5) is 11.4 Å². The monoisotopic (exact) mass is 844 g/mol. The average Bonchev–Trinajstić information content (AvgIpc) is 3.66. The lowest BCUT2D eigenvalue weighted by Crippen LogP contribution is -2.32. The van der Waals surface area contributed by atoms with Crippen LogP contribution in [0.5, 0.6) is 0 Å². The number of benzene rings is 4. The molecule has 10 nitrogen and oxygen atoms in total. The summed E-state index contributed by atoms with van der Waals surface area (Å²) in [5.41, 5.74) is 9.40. The van der Waals surface area contributed by atoms with E-state index in [2.05, 4.69) is 192 Å². The van der Waals surface area contributed by atoms with E-state index in [0.717, 1.165) is 60.1 Å². The first kappa shape index (κ1) is 44.1. The van der Waals surface area contributed by atoms with E-state index in [4.69, 9.17) is 0 Å². The number of nitrogens with zero attached hydrogens (tertiary/aromatic N) is 8. The van der Waals surface area contributed by atoms with Crippen molar-refractivity contribution in [1.82, 2.24) is 18.9 Å². The van der Waals surface area contributed by atoms with Crippen LogP contribution in [-0.2, 0) is 37.8 Å². The van der Waals surface area contributed by atoms with Gasteiger partial charge >= 0.3 is 0 Å². The molecule has 4 aromatic carbocycles. The standard InChI is InChI=1S/C48H60N8O2S2/c1-49(39-25-19-37(20-26-39)23-29-45-53(5)41-15-9-10-16-42(41)54(45)6)31-13-33-51(3)47(57)35-59-60-36-48(58)52(4)34-14-32-50(2)40-27-21-38(22-28-40)24-30-46-55(7)43-17-11-12-18-44(43)56(46)8/h9-12,15-30H,13-14,31-36H2,1-8H3/q+2. The van der Waals surface area contributed by atoms with E-state index in [1.165, 1.54) is 43.7 Å². The van der Waals surface area contributed by atoms with Gasteiger partial charge in [-0.3, -0.25) is 9.59 Å². The van der Waals surface area contributed by atoms with Crippen molar-refractivity contribution in [3.05, 3.63) is 120 Å². The number of anilines is 2. The molecule has 6 rings (SSSR count). The van der Waals surface area contributed by atoms with Gasteiger partial charge in [0.15, 0.2) is 22.1 Å². The number of rotatable bonds is 19. The normalized spacial score (nSPS) is 11.7. The number of hydrogen-bond donors (Lipinski definition) is 0. The number of carbonyl (C=O) groups is 2. The summed E-state index contributed by atoms with van der Waals surface area (Å²) in [6.45, 7) is 3.04. The second-order valence-corrected chi connectivity index (χ2v) is 17.9. The topological polar surface area (TPSA) is 64.7 Å². The van der Waals surface area contributed by atoms with Crippen LogP contribution >= 0.6 is 21.6 Å². The highest BCUT2D eigenvalue weighted by atomic mass is 33.1. The largest absolute Gasteiger partial charge is 0.375 e. The van der Waals surface area contributed by atoms with Crippen molar-refractivity contribution in [3.63, 3.8) is 0 Å². The minimum absolute atomic E-state index is 0.0811. The Kier molecular flexibility index (Phi) is 15.2. The Bertz CT molecular complexity index is 2200. The Labute approximate surface area is 363 Å². The van der Waals surface area contributed by atoms with E-state index in [1.54, 1.807) is 9.80 Å². The number of fused-ring (bicyclic) bond motifs is 2. The molecule has 2 aromatic heterocycles. The molecule has 314 valence electrons. The van der Waals surface area contributed by atoms with Gasteiger partial charge in [-0.2, -0.15) is 0 Å². The molecule has 0 bridgehead atoms. The summed E-state index contributed by atoms with van der Waals surface area (Å²) in [5, 5.41) is 0. The fourth-order valence-corrected chi connectivity index (χ4v) is 9.39. The van der Waals surface area contributed by atoms with Gasteiger partial charge in [-0.05, 0) is 84.7 Å². The van der Waals surface area contributed by atoms with Crippen molar-refractivity contribution in [2.75, 3.05) is 75.7 Å². The van der Waals surface area contributed by atoms with E-state index in [9.17, 15) is 9.59 Å². The minimum atomic E-state index is 0.0811. The highest BCUT2D eigenvalue weighted by Gasteiger charge is 2.18. The first-order chi connectivity index (χ1) is 28.9. The van der Waals surface area contributed by atoms with Crippen LogP contribution in [0.3, 0.4) is 0 Å². The number of aryl methyl sites for hydroxylation is 4. The predicted octanol–water partition coefficient (Wildman–Crippen LogP) is 7.31. The van der Waals surface area contributed by atoms with Crippen LogP contribution in [0.1, 0.15) is 35.6 Å². The van der Waals surface area contributed by atoms with Crippen LogP contribution in [0.25, 0.3) is 46.4 Å². The molecule has 0 aliphatic heterocycles. The molecule has 6 aromatic rings. The zero-order chi connectivity index (χ0) is 42.8. The average molecular weight is 845 g/mol. The fourth-order valence-electron chi connectivity index (χ4n) is 7.48. The quantitative estimate of drug-likeness (QED) is 0.0485. The van der Waals surface area contributed by atoms with E-state index in [0.29, 0.717) is 24.6 Å². The van der Waals surface area contributed by atoms with E-state index < -0.39 is 0 Å². The third-order valence-corrected chi connectivity index (χ3v) is 13.5. The zero-order valence-corrected chi connectivity index (χ0v) is 38.0. The predicted molar refractivity (Wildman–Crippen MR) is 255 cm³/mol. The summed E-state index contributed by atoms with van der Waals surface area (Å²) in [7, 11) is 19.2. The van der Waals surface area contributed by atoms with Crippen molar-refractivity contribution < 1.29 is 18.7 Å². The highest BCUT2D eigenvalue weighted by molar-refractivity contribution is 8.77. The fraction of sp³-hybridized carbons (Fsp3) is 0.333. The third-order valence-electron chi connectivity index (χ3n) is 11.4. The summed E-state index contributed by atoms with van der Waals surface area (Å²) in [5.74, 6) is 3.13. The molecular formula is C48H60N8O2S2+2. The summed E-state index contributed by atoms with van der Waals surface area (Å²) >= 11 is 0. The number of carbonyl (C=O) groups excluding carboxylic acids is 2. The molecule has 0 atom stereocenters. The Morgan fingerprint density at radius 2 is 0.900 bits per heavy atom. The van der Waals surface area contributed by atoms with Crippen molar-refractivity contribution in [2.45, 2.75) is 12.8 Å². The Hall–Kier alpha value is -5.46. The van der Waals surface area contributed by atoms with E-state index in [1.807, 2.05) is 14.1 Å². The van der Waals surface area contributed by atoms with Crippen molar-refractivity contribution in [1.29, 1.82) is 0 Å². The summed E-state index contributed by atoms with van der Waals surface area (Å²) in [4.78, 5) is 33.7. The van der Waals surface area contributed by atoms with Gasteiger partial charge < -0.3 is 19.6 Å².